The molecule has 3 heterocycles. The maximum atomic E-state index is 11.7. The first-order valence-electron chi connectivity index (χ1n) is 7.31. The van der Waals surface area contributed by atoms with Crippen molar-refractivity contribution in [2.75, 3.05) is 5.32 Å². The predicted molar refractivity (Wildman–Crippen MR) is 87.3 cm³/mol. The number of nitrogens with one attached hydrogen (secondary N) is 2. The van der Waals surface area contributed by atoms with Crippen LogP contribution in [0, 0.1) is 13.8 Å². The van der Waals surface area contributed by atoms with Gasteiger partial charge in [-0.05, 0) is 32.0 Å². The Morgan fingerprint density at radius 2 is 2.00 bits per heavy atom. The molecule has 0 aliphatic heterocycles. The Balaban J connectivity index is 1.93. The monoisotopic (exact) mass is 324 g/mol. The fourth-order valence-corrected chi connectivity index (χ4v) is 2.46. The number of aliphatic carboxylic acids is 1. The average molecular weight is 324 g/mol. The van der Waals surface area contributed by atoms with E-state index < -0.39 is 12.0 Å². The lowest BCUT2D eigenvalue weighted by Crippen LogP contribution is -2.23. The van der Waals surface area contributed by atoms with Crippen LogP contribution in [0.3, 0.4) is 0 Å². The zero-order valence-electron chi connectivity index (χ0n) is 13.2. The molecule has 0 saturated carbocycles. The Labute approximate surface area is 138 Å². The molecule has 0 aliphatic rings. The second-order valence-corrected chi connectivity index (χ2v) is 5.24. The Hall–Kier alpha value is -3.29. The predicted octanol–water partition coefficient (Wildman–Crippen LogP) is 2.12. The van der Waals surface area contributed by atoms with Crippen molar-refractivity contribution >= 4 is 11.9 Å². The van der Waals surface area contributed by atoms with E-state index in [0.29, 0.717) is 28.3 Å². The van der Waals surface area contributed by atoms with Crippen LogP contribution in [0.4, 0.5) is 5.95 Å². The van der Waals surface area contributed by atoms with E-state index in [1.807, 2.05) is 18.2 Å². The van der Waals surface area contributed by atoms with Gasteiger partial charge in [-0.1, -0.05) is 6.07 Å². The molecule has 1 atom stereocenters. The molecule has 3 N–H and O–H groups in total. The second-order valence-electron chi connectivity index (χ2n) is 5.24. The SMILES string of the molecule is Cc1n[nH]c(C)c1C(Nc1nccc(-c2ccccn2)n1)C(=O)O. The summed E-state index contributed by atoms with van der Waals surface area (Å²) in [6, 6.07) is 6.22. The number of rotatable bonds is 5. The van der Waals surface area contributed by atoms with Crippen molar-refractivity contribution in [3.05, 3.63) is 53.6 Å². The second kappa shape index (κ2) is 6.45. The van der Waals surface area contributed by atoms with Crippen LogP contribution in [0.2, 0.25) is 0 Å². The minimum absolute atomic E-state index is 0.213. The number of pyridine rings is 1. The molecule has 0 amide bonds. The maximum Gasteiger partial charge on any atom is 0.331 e. The van der Waals surface area contributed by atoms with E-state index in [4.69, 9.17) is 0 Å². The fraction of sp³-hybridized carbons (Fsp3) is 0.188. The van der Waals surface area contributed by atoms with Gasteiger partial charge in [0, 0.05) is 23.7 Å². The Bertz CT molecular complexity index is 843. The Morgan fingerprint density at radius 3 is 2.62 bits per heavy atom. The highest BCUT2D eigenvalue weighted by Crippen LogP contribution is 2.24. The van der Waals surface area contributed by atoms with E-state index in [9.17, 15) is 9.90 Å². The van der Waals surface area contributed by atoms with E-state index in [-0.39, 0.29) is 5.95 Å². The van der Waals surface area contributed by atoms with Crippen LogP contribution in [0.15, 0.2) is 36.7 Å². The van der Waals surface area contributed by atoms with E-state index in [2.05, 4.69) is 30.5 Å². The standard InChI is InChI=1S/C16H16N6O2/c1-9-13(10(2)22-21-9)14(15(23)24)20-16-18-8-6-12(19-16)11-5-3-4-7-17-11/h3-8,14H,1-2H3,(H,21,22)(H,23,24)(H,18,19,20). The first kappa shape index (κ1) is 15.6. The molecule has 0 bridgehead atoms. The van der Waals surface area contributed by atoms with Gasteiger partial charge < -0.3 is 10.4 Å². The minimum atomic E-state index is -1.03. The Morgan fingerprint density at radius 1 is 1.17 bits per heavy atom. The summed E-state index contributed by atoms with van der Waals surface area (Å²) >= 11 is 0. The van der Waals surface area contributed by atoms with Crippen molar-refractivity contribution < 1.29 is 9.90 Å². The van der Waals surface area contributed by atoms with Gasteiger partial charge in [0.15, 0.2) is 6.04 Å². The van der Waals surface area contributed by atoms with Crippen molar-refractivity contribution in [1.29, 1.82) is 0 Å². The van der Waals surface area contributed by atoms with Gasteiger partial charge in [-0.15, -0.1) is 0 Å². The number of hydrogen-bond donors (Lipinski definition) is 3. The highest BCUT2D eigenvalue weighted by atomic mass is 16.4. The summed E-state index contributed by atoms with van der Waals surface area (Å²) in [6.45, 7) is 3.53. The molecule has 0 radical (unpaired) electrons. The lowest BCUT2D eigenvalue weighted by atomic mass is 10.1. The number of nitrogens with zero attached hydrogens (tertiary/aromatic N) is 4. The van der Waals surface area contributed by atoms with E-state index in [1.54, 1.807) is 32.3 Å². The van der Waals surface area contributed by atoms with Crippen molar-refractivity contribution in [3.8, 4) is 11.4 Å². The summed E-state index contributed by atoms with van der Waals surface area (Å²) in [6.07, 6.45) is 3.23. The van der Waals surface area contributed by atoms with Crippen LogP contribution >= 0.6 is 0 Å². The molecule has 3 aromatic rings. The third-order valence-corrected chi connectivity index (χ3v) is 3.58. The molecular formula is C16H16N6O2. The minimum Gasteiger partial charge on any atom is -0.479 e. The number of carboxylic acid groups (broad SMARTS) is 1. The van der Waals surface area contributed by atoms with Gasteiger partial charge >= 0.3 is 5.97 Å². The molecule has 3 aromatic heterocycles. The third kappa shape index (κ3) is 3.07. The number of aryl methyl sites for hydroxylation is 2. The summed E-state index contributed by atoms with van der Waals surface area (Å²) in [5.74, 6) is -0.819. The van der Waals surface area contributed by atoms with Crippen LogP contribution in [0.1, 0.15) is 23.0 Å². The molecule has 24 heavy (non-hydrogen) atoms. The van der Waals surface area contributed by atoms with E-state index in [1.165, 1.54) is 0 Å². The first-order chi connectivity index (χ1) is 11.6. The van der Waals surface area contributed by atoms with Crippen LogP contribution in [-0.4, -0.2) is 36.2 Å². The van der Waals surface area contributed by atoms with Crippen LogP contribution in [0.5, 0.6) is 0 Å². The lowest BCUT2D eigenvalue weighted by Gasteiger charge is -2.15. The van der Waals surface area contributed by atoms with Gasteiger partial charge in [0.25, 0.3) is 0 Å². The summed E-state index contributed by atoms with van der Waals surface area (Å²) in [7, 11) is 0. The highest BCUT2D eigenvalue weighted by Gasteiger charge is 2.26. The number of aromatic amines is 1. The van der Waals surface area contributed by atoms with E-state index >= 15 is 0 Å². The van der Waals surface area contributed by atoms with Gasteiger partial charge in [0.2, 0.25) is 5.95 Å². The number of H-pyrrole nitrogens is 1. The van der Waals surface area contributed by atoms with Gasteiger partial charge in [-0.25, -0.2) is 14.8 Å². The van der Waals surface area contributed by atoms with Crippen molar-refractivity contribution in [1.82, 2.24) is 25.1 Å². The molecule has 3 rings (SSSR count). The molecule has 8 nitrogen and oxygen atoms in total. The Kier molecular flexibility index (Phi) is 4.19. The molecule has 0 aliphatic carbocycles. The molecular weight excluding hydrogens is 308 g/mol. The molecule has 8 heteroatoms. The number of hydrogen-bond acceptors (Lipinski definition) is 6. The summed E-state index contributed by atoms with van der Waals surface area (Å²) in [4.78, 5) is 24.4. The zero-order valence-corrected chi connectivity index (χ0v) is 13.2. The van der Waals surface area contributed by atoms with Crippen LogP contribution in [0.25, 0.3) is 11.4 Å². The number of anilines is 1. The van der Waals surface area contributed by atoms with Crippen molar-refractivity contribution in [2.24, 2.45) is 0 Å². The van der Waals surface area contributed by atoms with Gasteiger partial charge in [-0.3, -0.25) is 10.1 Å². The molecule has 1 unspecified atom stereocenters. The molecule has 0 saturated heterocycles. The fourth-order valence-electron chi connectivity index (χ4n) is 2.46. The number of aromatic nitrogens is 5. The lowest BCUT2D eigenvalue weighted by molar-refractivity contribution is -0.138. The topological polar surface area (TPSA) is 117 Å². The quantitative estimate of drug-likeness (QED) is 0.658. The summed E-state index contributed by atoms with van der Waals surface area (Å²) in [5.41, 5.74) is 3.18. The average Bonchev–Trinajstić information content (AvgIpc) is 2.92. The van der Waals surface area contributed by atoms with Crippen molar-refractivity contribution in [3.63, 3.8) is 0 Å². The molecule has 122 valence electrons. The number of carbonyl (C=O) groups is 1. The van der Waals surface area contributed by atoms with Gasteiger partial charge in [0.1, 0.15) is 0 Å². The maximum absolute atomic E-state index is 11.7. The third-order valence-electron chi connectivity index (χ3n) is 3.58. The highest BCUT2D eigenvalue weighted by molar-refractivity contribution is 5.79. The molecule has 0 aromatic carbocycles. The first-order valence-corrected chi connectivity index (χ1v) is 7.31. The zero-order chi connectivity index (χ0) is 17.1. The molecule has 0 fully saturated rings. The largest absolute Gasteiger partial charge is 0.479 e. The normalized spacial score (nSPS) is 11.9. The summed E-state index contributed by atoms with van der Waals surface area (Å²) in [5, 5.41) is 19.3. The smallest absolute Gasteiger partial charge is 0.331 e. The van der Waals surface area contributed by atoms with Crippen LogP contribution in [-0.2, 0) is 4.79 Å². The number of carboxylic acids is 1. The van der Waals surface area contributed by atoms with Gasteiger partial charge in [0.05, 0.1) is 17.1 Å². The summed E-state index contributed by atoms with van der Waals surface area (Å²) < 4.78 is 0. The van der Waals surface area contributed by atoms with Gasteiger partial charge in [-0.2, -0.15) is 5.10 Å². The van der Waals surface area contributed by atoms with E-state index in [0.717, 1.165) is 0 Å². The van der Waals surface area contributed by atoms with Crippen LogP contribution < -0.4 is 5.32 Å². The molecule has 0 spiro atoms. The van der Waals surface area contributed by atoms with Crippen molar-refractivity contribution in [2.45, 2.75) is 19.9 Å².